The van der Waals surface area contributed by atoms with Gasteiger partial charge in [0.15, 0.2) is 0 Å². The van der Waals surface area contributed by atoms with Gasteiger partial charge in [0.25, 0.3) is 0 Å². The summed E-state index contributed by atoms with van der Waals surface area (Å²) in [4.78, 5) is 14.4. The van der Waals surface area contributed by atoms with Crippen LogP contribution < -0.4 is 9.80 Å². The average Bonchev–Trinajstić information content (AvgIpc) is 3.19. The monoisotopic (exact) mass is 358 g/mol. The van der Waals surface area contributed by atoms with Crippen molar-refractivity contribution in [3.63, 3.8) is 0 Å². The molecule has 2 aliphatic rings. The van der Waals surface area contributed by atoms with Gasteiger partial charge in [-0.2, -0.15) is 4.98 Å². The van der Waals surface area contributed by atoms with E-state index >= 15 is 0 Å². The van der Waals surface area contributed by atoms with Crippen molar-refractivity contribution >= 4 is 17.5 Å². The topological polar surface area (TPSA) is 41.5 Å². The maximum atomic E-state index is 5.50. The highest BCUT2D eigenvalue weighted by molar-refractivity contribution is 5.72. The largest absolute Gasteiger partial charge is 0.378 e. The zero-order valence-electron chi connectivity index (χ0n) is 15.2. The minimum absolute atomic E-state index is 0.723. The highest BCUT2D eigenvalue weighted by Gasteiger charge is 2.24. The van der Waals surface area contributed by atoms with Crippen LogP contribution in [0.5, 0.6) is 0 Å². The minimum atomic E-state index is 0.723. The zero-order chi connectivity index (χ0) is 18.1. The first-order chi connectivity index (χ1) is 13.4. The lowest BCUT2D eigenvalue weighted by Gasteiger charge is -2.28. The summed E-state index contributed by atoms with van der Waals surface area (Å²) in [7, 11) is 0. The zero-order valence-corrected chi connectivity index (χ0v) is 15.2. The molecule has 3 heterocycles. The van der Waals surface area contributed by atoms with Gasteiger partial charge < -0.3 is 14.5 Å². The number of fused-ring (bicyclic) bond motifs is 1. The Labute approximate surface area is 159 Å². The van der Waals surface area contributed by atoms with E-state index in [2.05, 4.69) is 64.4 Å². The second-order valence-corrected chi connectivity index (χ2v) is 6.91. The van der Waals surface area contributed by atoms with Gasteiger partial charge in [0.1, 0.15) is 5.82 Å². The summed E-state index contributed by atoms with van der Waals surface area (Å²) in [6.45, 7) is 4.05. The van der Waals surface area contributed by atoms with Crippen LogP contribution >= 0.6 is 0 Å². The molecule has 0 bridgehead atoms. The maximum absolute atomic E-state index is 5.50. The Morgan fingerprint density at radius 2 is 1.59 bits per heavy atom. The van der Waals surface area contributed by atoms with Crippen LogP contribution in [0.25, 0.3) is 11.3 Å². The van der Waals surface area contributed by atoms with E-state index in [1.54, 1.807) is 0 Å². The van der Waals surface area contributed by atoms with Gasteiger partial charge >= 0.3 is 0 Å². The standard InChI is InChI=1S/C22H22N4O/c1-2-6-17(7-3-1)19-16-21(24-22(23-19)25-12-14-27-15-13-25)26-11-10-18-8-4-5-9-20(18)26/h1-9,16H,10-15H2. The van der Waals surface area contributed by atoms with Crippen LogP contribution in [-0.4, -0.2) is 42.8 Å². The molecular formula is C22H22N4O. The lowest BCUT2D eigenvalue weighted by atomic mass is 10.1. The van der Waals surface area contributed by atoms with Crippen LogP contribution in [0.3, 0.4) is 0 Å². The summed E-state index contributed by atoms with van der Waals surface area (Å²) in [5, 5.41) is 0. The van der Waals surface area contributed by atoms with E-state index in [0.29, 0.717) is 0 Å². The molecule has 0 atom stereocenters. The van der Waals surface area contributed by atoms with Gasteiger partial charge in [-0.3, -0.25) is 0 Å². The molecule has 2 aromatic carbocycles. The van der Waals surface area contributed by atoms with E-state index in [4.69, 9.17) is 14.7 Å². The number of rotatable bonds is 3. The number of anilines is 3. The Morgan fingerprint density at radius 3 is 2.44 bits per heavy atom. The Balaban J connectivity index is 1.60. The molecule has 0 aliphatic carbocycles. The Morgan fingerprint density at radius 1 is 0.815 bits per heavy atom. The minimum Gasteiger partial charge on any atom is -0.378 e. The first-order valence-electron chi connectivity index (χ1n) is 9.51. The van der Waals surface area contributed by atoms with E-state index in [1.165, 1.54) is 11.3 Å². The quantitative estimate of drug-likeness (QED) is 0.714. The molecule has 3 aromatic rings. The first kappa shape index (κ1) is 16.3. The molecule has 5 nitrogen and oxygen atoms in total. The van der Waals surface area contributed by atoms with Crippen LogP contribution in [0, 0.1) is 0 Å². The van der Waals surface area contributed by atoms with Crippen molar-refractivity contribution in [1.82, 2.24) is 9.97 Å². The molecular weight excluding hydrogens is 336 g/mol. The molecule has 0 saturated carbocycles. The SMILES string of the molecule is c1ccc(-c2cc(N3CCc4ccccc43)nc(N3CCOCC3)n2)cc1. The number of benzene rings is 2. The lowest BCUT2D eigenvalue weighted by molar-refractivity contribution is 0.122. The van der Waals surface area contributed by atoms with E-state index in [0.717, 1.165) is 62.3 Å². The number of para-hydroxylation sites is 1. The fourth-order valence-corrected chi connectivity index (χ4v) is 3.80. The lowest BCUT2D eigenvalue weighted by Crippen LogP contribution is -2.37. The highest BCUT2D eigenvalue weighted by atomic mass is 16.5. The molecule has 1 fully saturated rings. The van der Waals surface area contributed by atoms with Crippen LogP contribution in [0.1, 0.15) is 5.56 Å². The predicted octanol–water partition coefficient (Wildman–Crippen LogP) is 3.67. The molecule has 5 rings (SSSR count). The summed E-state index contributed by atoms with van der Waals surface area (Å²) >= 11 is 0. The third kappa shape index (κ3) is 3.15. The number of aromatic nitrogens is 2. The van der Waals surface area contributed by atoms with Crippen molar-refractivity contribution in [2.75, 3.05) is 42.6 Å². The molecule has 5 heteroatoms. The number of morpholine rings is 1. The van der Waals surface area contributed by atoms with Crippen molar-refractivity contribution in [1.29, 1.82) is 0 Å². The van der Waals surface area contributed by atoms with Gasteiger partial charge in [-0.05, 0) is 18.1 Å². The van der Waals surface area contributed by atoms with Crippen molar-refractivity contribution in [3.05, 3.63) is 66.2 Å². The normalized spacial score (nSPS) is 16.4. The predicted molar refractivity (Wildman–Crippen MR) is 108 cm³/mol. The Hall–Kier alpha value is -2.92. The molecule has 136 valence electrons. The van der Waals surface area contributed by atoms with Crippen LogP contribution in [0.2, 0.25) is 0 Å². The molecule has 1 saturated heterocycles. The van der Waals surface area contributed by atoms with E-state index < -0.39 is 0 Å². The number of ether oxygens (including phenoxy) is 1. The van der Waals surface area contributed by atoms with Crippen LogP contribution in [0.15, 0.2) is 60.7 Å². The van der Waals surface area contributed by atoms with E-state index in [1.807, 2.05) is 6.07 Å². The average molecular weight is 358 g/mol. The van der Waals surface area contributed by atoms with Gasteiger partial charge in [0.2, 0.25) is 5.95 Å². The molecule has 0 unspecified atom stereocenters. The smallest absolute Gasteiger partial charge is 0.228 e. The van der Waals surface area contributed by atoms with Crippen molar-refractivity contribution in [3.8, 4) is 11.3 Å². The summed E-state index contributed by atoms with van der Waals surface area (Å²) < 4.78 is 5.50. The fourth-order valence-electron chi connectivity index (χ4n) is 3.80. The summed E-state index contributed by atoms with van der Waals surface area (Å²) in [5.41, 5.74) is 4.71. The van der Waals surface area contributed by atoms with E-state index in [9.17, 15) is 0 Å². The molecule has 0 spiro atoms. The molecule has 0 radical (unpaired) electrons. The van der Waals surface area contributed by atoms with Crippen molar-refractivity contribution < 1.29 is 4.74 Å². The van der Waals surface area contributed by atoms with E-state index in [-0.39, 0.29) is 0 Å². The third-order valence-corrected chi connectivity index (χ3v) is 5.23. The summed E-state index contributed by atoms with van der Waals surface area (Å²) in [6.07, 6.45) is 1.05. The summed E-state index contributed by atoms with van der Waals surface area (Å²) in [6, 6.07) is 21.1. The number of hydrogen-bond donors (Lipinski definition) is 0. The number of hydrogen-bond acceptors (Lipinski definition) is 5. The maximum Gasteiger partial charge on any atom is 0.228 e. The van der Waals surface area contributed by atoms with Crippen molar-refractivity contribution in [2.24, 2.45) is 0 Å². The molecule has 0 amide bonds. The van der Waals surface area contributed by atoms with Crippen molar-refractivity contribution in [2.45, 2.75) is 6.42 Å². The Bertz CT molecular complexity index is 938. The summed E-state index contributed by atoms with van der Waals surface area (Å²) in [5.74, 6) is 1.76. The van der Waals surface area contributed by atoms with Gasteiger partial charge in [-0.1, -0.05) is 48.5 Å². The fraction of sp³-hybridized carbons (Fsp3) is 0.273. The van der Waals surface area contributed by atoms with Crippen LogP contribution in [-0.2, 0) is 11.2 Å². The third-order valence-electron chi connectivity index (χ3n) is 5.23. The van der Waals surface area contributed by atoms with Gasteiger partial charge in [-0.25, -0.2) is 4.98 Å². The van der Waals surface area contributed by atoms with Gasteiger partial charge in [0.05, 0.1) is 18.9 Å². The van der Waals surface area contributed by atoms with Crippen LogP contribution in [0.4, 0.5) is 17.5 Å². The number of nitrogens with zero attached hydrogens (tertiary/aromatic N) is 4. The molecule has 27 heavy (non-hydrogen) atoms. The highest BCUT2D eigenvalue weighted by Crippen LogP contribution is 2.35. The second kappa shape index (κ2) is 7.00. The first-order valence-corrected chi connectivity index (χ1v) is 9.51. The van der Waals surface area contributed by atoms with Gasteiger partial charge in [0, 0.05) is 37.0 Å². The van der Waals surface area contributed by atoms with Gasteiger partial charge in [-0.15, -0.1) is 0 Å². The second-order valence-electron chi connectivity index (χ2n) is 6.91. The molecule has 0 N–H and O–H groups in total. The molecule has 2 aliphatic heterocycles. The Kier molecular flexibility index (Phi) is 4.22. The molecule has 1 aromatic heterocycles.